The van der Waals surface area contributed by atoms with Crippen molar-refractivity contribution in [1.29, 1.82) is 0 Å². The van der Waals surface area contributed by atoms with Crippen LogP contribution < -0.4 is 5.32 Å². The largest absolute Gasteiger partial charge is 0.361 e. The molecule has 0 aliphatic carbocycles. The van der Waals surface area contributed by atoms with Crippen LogP contribution in [-0.4, -0.2) is 10.9 Å². The summed E-state index contributed by atoms with van der Waals surface area (Å²) < 4.78 is 0. The molecule has 1 aromatic heterocycles. The Hall–Kier alpha value is -2.26. The minimum atomic E-state index is -0.0584. The highest BCUT2D eigenvalue weighted by Gasteiger charge is 2.09. The van der Waals surface area contributed by atoms with E-state index in [1.807, 2.05) is 60.8 Å². The molecule has 2 aromatic carbocycles. The van der Waals surface area contributed by atoms with Crippen molar-refractivity contribution in [2.24, 2.45) is 0 Å². The number of amides is 1. The summed E-state index contributed by atoms with van der Waals surface area (Å²) >= 11 is 0. The highest BCUT2D eigenvalue weighted by Crippen LogP contribution is 2.16. The number of rotatable bonds is 3. The second kappa shape index (κ2) is 6.26. The van der Waals surface area contributed by atoms with Gasteiger partial charge in [-0.3, -0.25) is 4.79 Å². The van der Waals surface area contributed by atoms with Crippen molar-refractivity contribution >= 4 is 29.2 Å². The molecule has 3 rings (SSSR count). The zero-order valence-electron chi connectivity index (χ0n) is 10.8. The summed E-state index contributed by atoms with van der Waals surface area (Å²) in [6, 6.07) is 17.6. The lowest BCUT2D eigenvalue weighted by molar-refractivity contribution is 0.0952. The fraction of sp³-hybridized carbons (Fsp3) is 0.0625. The number of aromatic amines is 1. The zero-order chi connectivity index (χ0) is 13.1. The number of hydrogen-bond acceptors (Lipinski definition) is 1. The van der Waals surface area contributed by atoms with Crippen molar-refractivity contribution in [2.45, 2.75) is 6.54 Å². The van der Waals surface area contributed by atoms with E-state index in [2.05, 4.69) is 10.3 Å². The van der Waals surface area contributed by atoms with Gasteiger partial charge in [0.1, 0.15) is 0 Å². The molecule has 0 bridgehead atoms. The molecule has 3 aromatic rings. The predicted molar refractivity (Wildman–Crippen MR) is 83.2 cm³/mol. The third-order valence-corrected chi connectivity index (χ3v) is 3.13. The molecule has 0 saturated heterocycles. The molecule has 0 fully saturated rings. The first-order valence-electron chi connectivity index (χ1n) is 6.23. The number of aromatic nitrogens is 1. The highest BCUT2D eigenvalue weighted by molar-refractivity contribution is 6.05. The maximum atomic E-state index is 12.2. The van der Waals surface area contributed by atoms with Gasteiger partial charge in [0.15, 0.2) is 0 Å². The van der Waals surface area contributed by atoms with Crippen molar-refractivity contribution in [1.82, 2.24) is 10.3 Å². The normalized spacial score (nSPS) is 10.0. The fourth-order valence-electron chi connectivity index (χ4n) is 2.15. The smallest absolute Gasteiger partial charge is 0.253 e. The molecule has 102 valence electrons. The number of carbonyl (C=O) groups is 1. The van der Waals surface area contributed by atoms with Crippen molar-refractivity contribution in [3.63, 3.8) is 0 Å². The van der Waals surface area contributed by atoms with E-state index in [1.54, 1.807) is 0 Å². The number of hydrogen-bond donors (Lipinski definition) is 2. The van der Waals surface area contributed by atoms with Crippen molar-refractivity contribution in [2.75, 3.05) is 0 Å². The molecule has 4 heteroatoms. The van der Waals surface area contributed by atoms with E-state index >= 15 is 0 Å². The average molecular weight is 287 g/mol. The molecule has 0 spiro atoms. The van der Waals surface area contributed by atoms with Crippen molar-refractivity contribution in [3.8, 4) is 0 Å². The van der Waals surface area contributed by atoms with Crippen LogP contribution >= 0.6 is 12.4 Å². The first-order valence-corrected chi connectivity index (χ1v) is 6.23. The molecular weight excluding hydrogens is 272 g/mol. The van der Waals surface area contributed by atoms with Crippen LogP contribution in [0.5, 0.6) is 0 Å². The number of para-hydroxylation sites is 1. The van der Waals surface area contributed by atoms with Crippen LogP contribution in [0.1, 0.15) is 15.9 Å². The first-order chi connectivity index (χ1) is 9.34. The lowest BCUT2D eigenvalue weighted by Crippen LogP contribution is -2.23. The maximum Gasteiger partial charge on any atom is 0.253 e. The Morgan fingerprint density at radius 2 is 1.80 bits per heavy atom. The molecule has 0 unspecified atom stereocenters. The van der Waals surface area contributed by atoms with E-state index in [0.29, 0.717) is 12.1 Å². The second-order valence-electron chi connectivity index (χ2n) is 4.42. The molecule has 0 aliphatic rings. The maximum absolute atomic E-state index is 12.2. The average Bonchev–Trinajstić information content (AvgIpc) is 2.94. The minimum Gasteiger partial charge on any atom is -0.361 e. The lowest BCUT2D eigenvalue weighted by Gasteiger charge is -2.06. The van der Waals surface area contributed by atoms with Gasteiger partial charge in [-0.15, -0.1) is 12.4 Å². The number of benzene rings is 2. The molecule has 0 radical (unpaired) electrons. The van der Waals surface area contributed by atoms with Crippen molar-refractivity contribution in [3.05, 3.63) is 71.9 Å². The monoisotopic (exact) mass is 286 g/mol. The number of H-pyrrole nitrogens is 1. The third kappa shape index (κ3) is 2.83. The fourth-order valence-corrected chi connectivity index (χ4v) is 2.15. The van der Waals surface area contributed by atoms with E-state index in [9.17, 15) is 4.79 Å². The first kappa shape index (κ1) is 14.2. The molecule has 2 N–H and O–H groups in total. The molecule has 1 amide bonds. The molecular formula is C16H15ClN2O. The second-order valence-corrected chi connectivity index (χ2v) is 4.42. The van der Waals surface area contributed by atoms with E-state index in [1.165, 1.54) is 0 Å². The van der Waals surface area contributed by atoms with Gasteiger partial charge in [0.25, 0.3) is 5.91 Å². The van der Waals surface area contributed by atoms with Gasteiger partial charge in [-0.25, -0.2) is 0 Å². The molecule has 20 heavy (non-hydrogen) atoms. The number of carbonyl (C=O) groups excluding carboxylic acids is 1. The molecule has 0 saturated carbocycles. The summed E-state index contributed by atoms with van der Waals surface area (Å²) in [6.45, 7) is 0.538. The number of fused-ring (bicyclic) bond motifs is 1. The molecule has 3 nitrogen and oxygen atoms in total. The summed E-state index contributed by atoms with van der Waals surface area (Å²) in [5.74, 6) is -0.0584. The minimum absolute atomic E-state index is 0. The van der Waals surface area contributed by atoms with E-state index in [-0.39, 0.29) is 18.3 Å². The van der Waals surface area contributed by atoms with E-state index in [0.717, 1.165) is 16.5 Å². The van der Waals surface area contributed by atoms with Gasteiger partial charge in [0, 0.05) is 18.1 Å². The molecule has 0 atom stereocenters. The van der Waals surface area contributed by atoms with Gasteiger partial charge in [-0.1, -0.05) is 42.5 Å². The Morgan fingerprint density at radius 1 is 1.00 bits per heavy atom. The van der Waals surface area contributed by atoms with Crippen LogP contribution in [0.2, 0.25) is 0 Å². The van der Waals surface area contributed by atoms with Gasteiger partial charge in [-0.2, -0.15) is 0 Å². The summed E-state index contributed by atoms with van der Waals surface area (Å²) in [5.41, 5.74) is 2.65. The van der Waals surface area contributed by atoms with E-state index in [4.69, 9.17) is 0 Å². The van der Waals surface area contributed by atoms with Gasteiger partial charge in [-0.05, 0) is 17.7 Å². The SMILES string of the molecule is Cl.O=C(NCc1ccccc1)c1cccc2cc[nH]c12. The van der Waals surface area contributed by atoms with Gasteiger partial charge in [0.05, 0.1) is 11.1 Å². The summed E-state index contributed by atoms with van der Waals surface area (Å²) in [6.07, 6.45) is 1.85. The number of halogens is 1. The third-order valence-electron chi connectivity index (χ3n) is 3.13. The molecule has 1 heterocycles. The quantitative estimate of drug-likeness (QED) is 0.760. The Bertz CT molecular complexity index is 707. The lowest BCUT2D eigenvalue weighted by atomic mass is 10.1. The van der Waals surface area contributed by atoms with Crippen LogP contribution in [0.25, 0.3) is 10.9 Å². The summed E-state index contributed by atoms with van der Waals surface area (Å²) in [4.78, 5) is 15.3. The van der Waals surface area contributed by atoms with Crippen LogP contribution in [0.4, 0.5) is 0 Å². The summed E-state index contributed by atoms with van der Waals surface area (Å²) in [5, 5.41) is 3.99. The Balaban J connectivity index is 0.00000147. The zero-order valence-corrected chi connectivity index (χ0v) is 11.6. The number of nitrogens with one attached hydrogen (secondary N) is 2. The van der Waals surface area contributed by atoms with Crippen LogP contribution in [0.3, 0.4) is 0 Å². The molecule has 0 aliphatic heterocycles. The standard InChI is InChI=1S/C16H14N2O.ClH/c19-16(18-11-12-5-2-1-3-6-12)14-8-4-7-13-9-10-17-15(13)14;/h1-10,17H,11H2,(H,18,19);1H. The van der Waals surface area contributed by atoms with E-state index < -0.39 is 0 Å². The predicted octanol–water partition coefficient (Wildman–Crippen LogP) is 3.52. The Kier molecular flexibility index (Phi) is 4.43. The highest BCUT2D eigenvalue weighted by atomic mass is 35.5. The van der Waals surface area contributed by atoms with Gasteiger partial charge >= 0.3 is 0 Å². The van der Waals surface area contributed by atoms with Crippen LogP contribution in [0.15, 0.2) is 60.8 Å². The van der Waals surface area contributed by atoms with Crippen LogP contribution in [0, 0.1) is 0 Å². The van der Waals surface area contributed by atoms with Gasteiger partial charge in [0.2, 0.25) is 0 Å². The Morgan fingerprint density at radius 3 is 2.60 bits per heavy atom. The topological polar surface area (TPSA) is 44.9 Å². The van der Waals surface area contributed by atoms with Crippen LogP contribution in [-0.2, 0) is 6.54 Å². The Labute approximate surface area is 123 Å². The van der Waals surface area contributed by atoms with Crippen molar-refractivity contribution < 1.29 is 4.79 Å². The van der Waals surface area contributed by atoms with Gasteiger partial charge < -0.3 is 10.3 Å². The summed E-state index contributed by atoms with van der Waals surface area (Å²) in [7, 11) is 0.